The maximum Gasteiger partial charge on any atom is 0.232 e. The quantitative estimate of drug-likeness (QED) is 0.334. The number of sulfonamides is 1. The molecule has 0 aliphatic rings. The van der Waals surface area contributed by atoms with E-state index in [0.29, 0.717) is 41.8 Å². The zero-order valence-corrected chi connectivity index (χ0v) is 21.1. The van der Waals surface area contributed by atoms with Crippen LogP contribution in [0.2, 0.25) is 5.02 Å². The van der Waals surface area contributed by atoms with Crippen LogP contribution in [0, 0.1) is 0 Å². The lowest BCUT2D eigenvalue weighted by atomic mass is 10.2. The van der Waals surface area contributed by atoms with Crippen LogP contribution in [-0.4, -0.2) is 40.3 Å². The van der Waals surface area contributed by atoms with E-state index >= 15 is 0 Å². The lowest BCUT2D eigenvalue weighted by Gasteiger charge is -2.22. The summed E-state index contributed by atoms with van der Waals surface area (Å²) >= 11 is 6.03. The van der Waals surface area contributed by atoms with Crippen molar-refractivity contribution in [1.29, 1.82) is 0 Å². The first kappa shape index (κ1) is 26.4. The van der Waals surface area contributed by atoms with Crippen LogP contribution in [0.25, 0.3) is 0 Å². The molecule has 0 aromatic heterocycles. The third-order valence-electron chi connectivity index (χ3n) is 5.06. The summed E-state index contributed by atoms with van der Waals surface area (Å²) in [4.78, 5) is 12.1. The minimum absolute atomic E-state index is 0.175. The van der Waals surface area contributed by atoms with E-state index in [1.54, 1.807) is 36.4 Å². The van der Waals surface area contributed by atoms with E-state index in [2.05, 4.69) is 5.32 Å². The van der Waals surface area contributed by atoms with Crippen LogP contribution in [-0.2, 0) is 21.4 Å². The molecule has 0 spiro atoms. The summed E-state index contributed by atoms with van der Waals surface area (Å²) < 4.78 is 37.3. The van der Waals surface area contributed by atoms with Crippen molar-refractivity contribution in [3.63, 3.8) is 0 Å². The predicted molar refractivity (Wildman–Crippen MR) is 139 cm³/mol. The first-order valence-electron chi connectivity index (χ1n) is 11.2. The highest BCUT2D eigenvalue weighted by Gasteiger charge is 2.17. The molecule has 0 atom stereocenters. The standard InChI is InChI=1S/C26H29ClN2O5S/c1-35(31,32)29(22-13-15-23(16-14-22)34-20-21-8-3-2-4-9-21)18-7-12-26(30)28-17-19-33-25-11-6-5-10-24(25)27/h2-6,8-11,13-16H,7,12,17-20H2,1H3,(H,28,30). The topological polar surface area (TPSA) is 84.9 Å². The van der Waals surface area contributed by atoms with Gasteiger partial charge in [-0.2, -0.15) is 0 Å². The van der Waals surface area contributed by atoms with E-state index in [0.717, 1.165) is 11.8 Å². The molecular weight excluding hydrogens is 488 g/mol. The number of anilines is 1. The number of nitrogens with one attached hydrogen (secondary N) is 1. The largest absolute Gasteiger partial charge is 0.490 e. The zero-order chi connectivity index (χ0) is 25.1. The van der Waals surface area contributed by atoms with E-state index in [1.807, 2.05) is 42.5 Å². The molecule has 186 valence electrons. The van der Waals surface area contributed by atoms with Crippen molar-refractivity contribution in [2.45, 2.75) is 19.4 Å². The smallest absolute Gasteiger partial charge is 0.232 e. The molecule has 3 rings (SSSR count). The third kappa shape index (κ3) is 8.81. The Labute approximate surface area is 211 Å². The lowest BCUT2D eigenvalue weighted by Crippen LogP contribution is -2.32. The van der Waals surface area contributed by atoms with Crippen molar-refractivity contribution < 1.29 is 22.7 Å². The summed E-state index contributed by atoms with van der Waals surface area (Å²) in [5, 5.41) is 3.28. The Kier molecular flexibility index (Phi) is 9.81. The molecule has 0 heterocycles. The van der Waals surface area contributed by atoms with Crippen molar-refractivity contribution in [1.82, 2.24) is 5.32 Å². The Bertz CT molecular complexity index is 1190. The number of nitrogens with zero attached hydrogens (tertiary/aromatic N) is 1. The minimum Gasteiger partial charge on any atom is -0.490 e. The van der Waals surface area contributed by atoms with E-state index < -0.39 is 10.0 Å². The summed E-state index contributed by atoms with van der Waals surface area (Å²) in [6, 6.07) is 23.8. The second kappa shape index (κ2) is 13.0. The highest BCUT2D eigenvalue weighted by Crippen LogP contribution is 2.24. The van der Waals surface area contributed by atoms with Crippen LogP contribution in [0.1, 0.15) is 18.4 Å². The first-order chi connectivity index (χ1) is 16.8. The van der Waals surface area contributed by atoms with Gasteiger partial charge in [0.25, 0.3) is 0 Å². The fourth-order valence-corrected chi connectivity index (χ4v) is 4.48. The van der Waals surface area contributed by atoms with Gasteiger partial charge in [-0.15, -0.1) is 0 Å². The maximum absolute atomic E-state index is 12.3. The molecule has 7 nitrogen and oxygen atoms in total. The molecule has 3 aromatic carbocycles. The molecule has 3 aromatic rings. The molecule has 0 aliphatic carbocycles. The summed E-state index contributed by atoms with van der Waals surface area (Å²) in [5.74, 6) is 1.03. The molecular formula is C26H29ClN2O5S. The first-order valence-corrected chi connectivity index (χ1v) is 13.4. The van der Waals surface area contributed by atoms with E-state index in [1.165, 1.54) is 4.31 Å². The van der Waals surface area contributed by atoms with E-state index in [9.17, 15) is 13.2 Å². The fraction of sp³-hybridized carbons (Fsp3) is 0.269. The van der Waals surface area contributed by atoms with E-state index in [4.69, 9.17) is 21.1 Å². The average Bonchev–Trinajstić information content (AvgIpc) is 2.84. The van der Waals surface area contributed by atoms with E-state index in [-0.39, 0.29) is 25.5 Å². The molecule has 35 heavy (non-hydrogen) atoms. The van der Waals surface area contributed by atoms with Crippen molar-refractivity contribution in [3.05, 3.63) is 89.4 Å². The van der Waals surface area contributed by atoms with Crippen LogP contribution in [0.5, 0.6) is 11.5 Å². The molecule has 1 amide bonds. The number of rotatable bonds is 13. The molecule has 0 saturated heterocycles. The van der Waals surface area contributed by atoms with Gasteiger partial charge in [0.2, 0.25) is 15.9 Å². The summed E-state index contributed by atoms with van der Waals surface area (Å²) in [7, 11) is -3.51. The molecule has 0 aliphatic heterocycles. The molecule has 1 N–H and O–H groups in total. The van der Waals surface area contributed by atoms with Crippen molar-refractivity contribution in [2.24, 2.45) is 0 Å². The van der Waals surface area contributed by atoms with Crippen molar-refractivity contribution >= 4 is 33.2 Å². The van der Waals surface area contributed by atoms with Gasteiger partial charge >= 0.3 is 0 Å². The maximum atomic E-state index is 12.3. The number of hydrogen-bond acceptors (Lipinski definition) is 5. The summed E-state index contributed by atoms with van der Waals surface area (Å²) in [6.07, 6.45) is 1.71. The van der Waals surface area contributed by atoms with Gasteiger partial charge in [0, 0.05) is 13.0 Å². The molecule has 0 unspecified atom stereocenters. The lowest BCUT2D eigenvalue weighted by molar-refractivity contribution is -0.121. The predicted octanol–water partition coefficient (Wildman–Crippen LogP) is 4.66. The van der Waals surface area contributed by atoms with Crippen LogP contribution in [0.15, 0.2) is 78.9 Å². The number of hydrogen-bond donors (Lipinski definition) is 1. The van der Waals surface area contributed by atoms with Gasteiger partial charge in [-0.3, -0.25) is 9.10 Å². The van der Waals surface area contributed by atoms with Crippen LogP contribution >= 0.6 is 11.6 Å². The van der Waals surface area contributed by atoms with Crippen LogP contribution < -0.4 is 19.1 Å². The number of amides is 1. The Morgan fingerprint density at radius 1 is 0.943 bits per heavy atom. The number of carbonyl (C=O) groups excluding carboxylic acids is 1. The highest BCUT2D eigenvalue weighted by molar-refractivity contribution is 7.92. The number of carbonyl (C=O) groups is 1. The number of para-hydroxylation sites is 1. The van der Waals surface area contributed by atoms with Gasteiger partial charge in [-0.05, 0) is 48.4 Å². The van der Waals surface area contributed by atoms with Gasteiger partial charge in [-0.25, -0.2) is 8.42 Å². The van der Waals surface area contributed by atoms with Gasteiger partial charge in [0.05, 0.1) is 23.5 Å². The monoisotopic (exact) mass is 516 g/mol. The molecule has 0 radical (unpaired) electrons. The van der Waals surface area contributed by atoms with Gasteiger partial charge in [-0.1, -0.05) is 54.1 Å². The summed E-state index contributed by atoms with van der Waals surface area (Å²) in [6.45, 7) is 1.22. The minimum atomic E-state index is -3.51. The fourth-order valence-electron chi connectivity index (χ4n) is 3.32. The normalized spacial score (nSPS) is 11.0. The second-order valence-corrected chi connectivity index (χ2v) is 10.1. The third-order valence-corrected chi connectivity index (χ3v) is 6.56. The van der Waals surface area contributed by atoms with Crippen molar-refractivity contribution in [3.8, 4) is 11.5 Å². The number of ether oxygens (including phenoxy) is 2. The van der Waals surface area contributed by atoms with Crippen LogP contribution in [0.4, 0.5) is 5.69 Å². The average molecular weight is 517 g/mol. The van der Waals surface area contributed by atoms with Gasteiger partial charge in [0.1, 0.15) is 24.7 Å². The SMILES string of the molecule is CS(=O)(=O)N(CCCC(=O)NCCOc1ccccc1Cl)c1ccc(OCc2ccccc2)cc1. The molecule has 0 bridgehead atoms. The second-order valence-electron chi connectivity index (χ2n) is 7.84. The Morgan fingerprint density at radius 3 is 2.31 bits per heavy atom. The van der Waals surface area contributed by atoms with Crippen molar-refractivity contribution in [2.75, 3.05) is 30.3 Å². The van der Waals surface area contributed by atoms with Gasteiger partial charge in [0.15, 0.2) is 0 Å². The zero-order valence-electron chi connectivity index (χ0n) is 19.5. The number of benzene rings is 3. The molecule has 9 heteroatoms. The number of halogens is 1. The highest BCUT2D eigenvalue weighted by atomic mass is 35.5. The Hall–Kier alpha value is -3.23. The Balaban J connectivity index is 1.44. The summed E-state index contributed by atoms with van der Waals surface area (Å²) in [5.41, 5.74) is 1.57. The molecule has 0 fully saturated rings. The Morgan fingerprint density at radius 2 is 1.63 bits per heavy atom. The molecule has 0 saturated carbocycles. The van der Waals surface area contributed by atoms with Gasteiger partial charge < -0.3 is 14.8 Å². The van der Waals surface area contributed by atoms with Crippen LogP contribution in [0.3, 0.4) is 0 Å².